The van der Waals surface area contributed by atoms with E-state index >= 15 is 0 Å². The largest absolute Gasteiger partial charge is 0.476 e. The highest BCUT2D eigenvalue weighted by Gasteiger charge is 2.15. The van der Waals surface area contributed by atoms with Crippen LogP contribution in [0.15, 0.2) is 18.3 Å². The summed E-state index contributed by atoms with van der Waals surface area (Å²) in [7, 11) is 0. The molecule has 0 fully saturated rings. The molecule has 102 valence electrons. The van der Waals surface area contributed by atoms with E-state index < -0.39 is 23.9 Å². The summed E-state index contributed by atoms with van der Waals surface area (Å²) in [5, 5.41) is 13.7. The summed E-state index contributed by atoms with van der Waals surface area (Å²) in [6, 6.07) is 1.82. The van der Waals surface area contributed by atoms with Gasteiger partial charge >= 0.3 is 12.0 Å². The lowest BCUT2D eigenvalue weighted by Crippen LogP contribution is -2.38. The lowest BCUT2D eigenvalue weighted by atomic mass is 10.2. The third kappa shape index (κ3) is 4.62. The molecule has 19 heavy (non-hydrogen) atoms. The van der Waals surface area contributed by atoms with E-state index in [2.05, 4.69) is 15.6 Å². The van der Waals surface area contributed by atoms with Crippen LogP contribution in [0.4, 0.5) is 10.5 Å². The summed E-state index contributed by atoms with van der Waals surface area (Å²) in [6.45, 7) is 1.60. The van der Waals surface area contributed by atoms with Crippen molar-refractivity contribution in [3.8, 4) is 0 Å². The first kappa shape index (κ1) is 14.4. The Kier molecular flexibility index (Phi) is 4.81. The quantitative estimate of drug-likeness (QED) is 0.602. The number of aromatic carboxylic acids is 1. The molecule has 3 amide bonds. The fourth-order valence-corrected chi connectivity index (χ4v) is 1.41. The number of carbonyl (C=O) groups is 3. The van der Waals surface area contributed by atoms with E-state index in [4.69, 9.17) is 10.8 Å². The molecule has 0 spiro atoms. The van der Waals surface area contributed by atoms with E-state index in [-0.39, 0.29) is 17.8 Å². The molecule has 0 bridgehead atoms. The summed E-state index contributed by atoms with van der Waals surface area (Å²) in [6.07, 6.45) is 1.30. The van der Waals surface area contributed by atoms with E-state index in [9.17, 15) is 14.4 Å². The van der Waals surface area contributed by atoms with Crippen molar-refractivity contribution in [2.24, 2.45) is 5.73 Å². The number of hydrogen-bond donors (Lipinski definition) is 4. The molecule has 8 heteroatoms. The van der Waals surface area contributed by atoms with Crippen LogP contribution < -0.4 is 16.4 Å². The van der Waals surface area contributed by atoms with Gasteiger partial charge in [-0.25, -0.2) is 14.6 Å². The molecule has 1 aromatic heterocycles. The van der Waals surface area contributed by atoms with Gasteiger partial charge in [0.15, 0.2) is 5.69 Å². The average molecular weight is 266 g/mol. The maximum Gasteiger partial charge on any atom is 0.356 e. The van der Waals surface area contributed by atoms with E-state index in [0.717, 1.165) is 0 Å². The van der Waals surface area contributed by atoms with Gasteiger partial charge in [0.2, 0.25) is 5.91 Å². The van der Waals surface area contributed by atoms with Crippen LogP contribution >= 0.6 is 0 Å². The third-order valence-corrected chi connectivity index (χ3v) is 2.14. The normalized spacial score (nSPS) is 11.4. The molecular weight excluding hydrogens is 252 g/mol. The van der Waals surface area contributed by atoms with Crippen LogP contribution in [-0.4, -0.2) is 34.0 Å². The van der Waals surface area contributed by atoms with E-state index in [1.807, 2.05) is 0 Å². The molecule has 1 heterocycles. The summed E-state index contributed by atoms with van der Waals surface area (Å²) < 4.78 is 0. The summed E-state index contributed by atoms with van der Waals surface area (Å²) in [5.41, 5.74) is 4.79. The molecule has 0 aliphatic carbocycles. The first-order valence-electron chi connectivity index (χ1n) is 5.44. The Morgan fingerprint density at radius 3 is 2.74 bits per heavy atom. The zero-order chi connectivity index (χ0) is 14.4. The lowest BCUT2D eigenvalue weighted by molar-refractivity contribution is -0.118. The minimum absolute atomic E-state index is 0.00769. The monoisotopic (exact) mass is 266 g/mol. The molecule has 0 saturated heterocycles. The van der Waals surface area contributed by atoms with Gasteiger partial charge in [0.05, 0.1) is 5.69 Å². The van der Waals surface area contributed by atoms with Gasteiger partial charge in [-0.15, -0.1) is 0 Å². The zero-order valence-electron chi connectivity index (χ0n) is 10.2. The van der Waals surface area contributed by atoms with Gasteiger partial charge in [-0.1, -0.05) is 0 Å². The van der Waals surface area contributed by atoms with E-state index in [1.165, 1.54) is 18.3 Å². The number of pyridine rings is 1. The second-order valence-electron chi connectivity index (χ2n) is 3.87. The van der Waals surface area contributed by atoms with Crippen LogP contribution in [0.1, 0.15) is 23.8 Å². The maximum absolute atomic E-state index is 11.6. The Balaban J connectivity index is 2.67. The van der Waals surface area contributed by atoms with E-state index in [0.29, 0.717) is 0 Å². The third-order valence-electron chi connectivity index (χ3n) is 2.14. The second-order valence-corrected chi connectivity index (χ2v) is 3.87. The van der Waals surface area contributed by atoms with Gasteiger partial charge in [-0.05, 0) is 19.1 Å². The lowest BCUT2D eigenvalue weighted by Gasteiger charge is -2.13. The molecule has 0 aliphatic rings. The molecule has 1 unspecified atom stereocenters. The number of nitrogens with two attached hydrogens (primary N) is 1. The smallest absolute Gasteiger partial charge is 0.356 e. The van der Waals surface area contributed by atoms with Gasteiger partial charge < -0.3 is 21.5 Å². The van der Waals surface area contributed by atoms with Crippen LogP contribution in [0.5, 0.6) is 0 Å². The molecule has 0 radical (unpaired) electrons. The molecule has 1 atom stereocenters. The average Bonchev–Trinajstić information content (AvgIpc) is 2.27. The Hall–Kier alpha value is -2.64. The van der Waals surface area contributed by atoms with Crippen molar-refractivity contribution in [2.45, 2.75) is 19.4 Å². The number of amides is 3. The molecule has 0 saturated carbocycles. The van der Waals surface area contributed by atoms with Crippen LogP contribution in [0, 0.1) is 0 Å². The number of primary amides is 1. The highest BCUT2D eigenvalue weighted by molar-refractivity contribution is 5.98. The van der Waals surface area contributed by atoms with Crippen molar-refractivity contribution in [1.82, 2.24) is 10.3 Å². The van der Waals surface area contributed by atoms with Crippen molar-refractivity contribution in [3.05, 3.63) is 24.0 Å². The van der Waals surface area contributed by atoms with Crippen molar-refractivity contribution in [2.75, 3.05) is 5.32 Å². The van der Waals surface area contributed by atoms with Gasteiger partial charge in [-0.3, -0.25) is 4.79 Å². The number of urea groups is 1. The summed E-state index contributed by atoms with van der Waals surface area (Å²) in [5.74, 6) is -1.79. The van der Waals surface area contributed by atoms with Crippen LogP contribution in [0.25, 0.3) is 0 Å². The number of carboxylic acids is 1. The van der Waals surface area contributed by atoms with Crippen LogP contribution in [0.3, 0.4) is 0 Å². The van der Waals surface area contributed by atoms with Crippen LogP contribution in [0.2, 0.25) is 0 Å². The highest BCUT2D eigenvalue weighted by atomic mass is 16.4. The summed E-state index contributed by atoms with van der Waals surface area (Å²) in [4.78, 5) is 36.8. The molecule has 8 nitrogen and oxygen atoms in total. The number of carboxylic acid groups (broad SMARTS) is 1. The molecule has 1 rings (SSSR count). The highest BCUT2D eigenvalue weighted by Crippen LogP contribution is 2.11. The fourth-order valence-electron chi connectivity index (χ4n) is 1.41. The maximum atomic E-state index is 11.6. The number of anilines is 1. The topological polar surface area (TPSA) is 134 Å². The predicted octanol–water partition coefficient (Wildman–Crippen LogP) is 0.165. The number of aromatic nitrogens is 1. The minimum Gasteiger partial charge on any atom is -0.476 e. The Morgan fingerprint density at radius 1 is 1.47 bits per heavy atom. The zero-order valence-corrected chi connectivity index (χ0v) is 10.2. The number of carbonyl (C=O) groups excluding carboxylic acids is 2. The van der Waals surface area contributed by atoms with Gasteiger partial charge in [0.1, 0.15) is 0 Å². The molecule has 0 aromatic carbocycles. The molecule has 1 aromatic rings. The predicted molar refractivity (Wildman–Crippen MR) is 66.6 cm³/mol. The van der Waals surface area contributed by atoms with Gasteiger partial charge in [0, 0.05) is 18.7 Å². The Labute approximate surface area is 109 Å². The molecule has 0 aliphatic heterocycles. The Morgan fingerprint density at radius 2 is 2.16 bits per heavy atom. The first-order valence-corrected chi connectivity index (χ1v) is 5.44. The SMILES string of the molecule is CC(CC(N)=O)NC(=O)Nc1cccnc1C(=O)O. The number of nitrogens with one attached hydrogen (secondary N) is 2. The van der Waals surface area contributed by atoms with Gasteiger partial charge in [0.25, 0.3) is 0 Å². The number of nitrogens with zero attached hydrogens (tertiary/aromatic N) is 1. The first-order chi connectivity index (χ1) is 8.90. The second kappa shape index (κ2) is 6.34. The van der Waals surface area contributed by atoms with Crippen molar-refractivity contribution in [1.29, 1.82) is 0 Å². The van der Waals surface area contributed by atoms with Crippen molar-refractivity contribution < 1.29 is 19.5 Å². The Bertz CT molecular complexity index is 503. The molecule has 5 N–H and O–H groups in total. The standard InChI is InChI=1S/C11H14N4O4/c1-6(5-8(12)16)14-11(19)15-7-3-2-4-13-9(7)10(17)18/h2-4,6H,5H2,1H3,(H2,12,16)(H,17,18)(H2,14,15,19). The fraction of sp³-hybridized carbons (Fsp3) is 0.273. The minimum atomic E-state index is -1.25. The molecular formula is C11H14N4O4. The van der Waals surface area contributed by atoms with E-state index in [1.54, 1.807) is 6.92 Å². The summed E-state index contributed by atoms with van der Waals surface area (Å²) >= 11 is 0. The number of hydrogen-bond acceptors (Lipinski definition) is 4. The van der Waals surface area contributed by atoms with Crippen LogP contribution in [-0.2, 0) is 4.79 Å². The van der Waals surface area contributed by atoms with Gasteiger partial charge in [-0.2, -0.15) is 0 Å². The van der Waals surface area contributed by atoms with Crippen molar-refractivity contribution >= 4 is 23.6 Å². The number of rotatable bonds is 5. The van der Waals surface area contributed by atoms with Crippen molar-refractivity contribution in [3.63, 3.8) is 0 Å².